The lowest BCUT2D eigenvalue weighted by Gasteiger charge is -2.15. The van der Waals surface area contributed by atoms with Crippen molar-refractivity contribution < 1.29 is 4.74 Å². The fourth-order valence-electron chi connectivity index (χ4n) is 2.16. The van der Waals surface area contributed by atoms with Crippen molar-refractivity contribution in [1.82, 2.24) is 9.97 Å². The largest absolute Gasteiger partial charge is 0.496 e. The SMILES string of the molecule is COc1cc(C)c(-c2ccnc(C#N)n2)cc1C(C)C. The van der Waals surface area contributed by atoms with Crippen molar-refractivity contribution in [1.29, 1.82) is 5.26 Å². The van der Waals surface area contributed by atoms with Crippen molar-refractivity contribution in [2.24, 2.45) is 0 Å². The summed E-state index contributed by atoms with van der Waals surface area (Å²) < 4.78 is 5.44. The van der Waals surface area contributed by atoms with Crippen molar-refractivity contribution in [2.75, 3.05) is 7.11 Å². The third kappa shape index (κ3) is 2.62. The summed E-state index contributed by atoms with van der Waals surface area (Å²) in [5.74, 6) is 1.42. The van der Waals surface area contributed by atoms with Crippen LogP contribution in [0.15, 0.2) is 24.4 Å². The van der Waals surface area contributed by atoms with Gasteiger partial charge in [0.25, 0.3) is 0 Å². The van der Waals surface area contributed by atoms with Gasteiger partial charge in [0.15, 0.2) is 0 Å². The third-order valence-electron chi connectivity index (χ3n) is 3.23. The molecule has 0 unspecified atom stereocenters. The monoisotopic (exact) mass is 267 g/mol. The first kappa shape index (κ1) is 14.0. The Morgan fingerprint density at radius 1 is 1.30 bits per heavy atom. The molecule has 2 rings (SSSR count). The standard InChI is InChI=1S/C16H17N3O/c1-10(2)12-8-13(11(3)7-15(12)20-4)14-5-6-18-16(9-17)19-14/h5-8,10H,1-4H3. The lowest BCUT2D eigenvalue weighted by atomic mass is 9.95. The summed E-state index contributed by atoms with van der Waals surface area (Å²) in [6.45, 7) is 6.26. The number of nitriles is 1. The molecule has 0 fully saturated rings. The van der Waals surface area contributed by atoms with E-state index in [9.17, 15) is 0 Å². The Bertz CT molecular complexity index is 672. The van der Waals surface area contributed by atoms with Crippen LogP contribution in [-0.4, -0.2) is 17.1 Å². The first-order valence-corrected chi connectivity index (χ1v) is 6.49. The summed E-state index contributed by atoms with van der Waals surface area (Å²) in [5.41, 5.74) is 3.96. The maximum atomic E-state index is 8.91. The minimum Gasteiger partial charge on any atom is -0.496 e. The fraction of sp³-hybridized carbons (Fsp3) is 0.312. The van der Waals surface area contributed by atoms with Crippen molar-refractivity contribution in [2.45, 2.75) is 26.7 Å². The summed E-state index contributed by atoms with van der Waals surface area (Å²) in [7, 11) is 1.68. The van der Waals surface area contributed by atoms with Gasteiger partial charge in [0, 0.05) is 11.8 Å². The molecule has 0 radical (unpaired) electrons. The van der Waals surface area contributed by atoms with Crippen molar-refractivity contribution in [3.63, 3.8) is 0 Å². The molecule has 0 aliphatic rings. The van der Waals surface area contributed by atoms with Crippen LogP contribution in [-0.2, 0) is 0 Å². The third-order valence-corrected chi connectivity index (χ3v) is 3.23. The lowest BCUT2D eigenvalue weighted by Crippen LogP contribution is -1.99. The topological polar surface area (TPSA) is 58.8 Å². The molecule has 0 amide bonds. The van der Waals surface area contributed by atoms with Gasteiger partial charge in [-0.15, -0.1) is 0 Å². The molecule has 2 aromatic rings. The second-order valence-electron chi connectivity index (χ2n) is 4.94. The molecule has 0 aliphatic heterocycles. The number of ether oxygens (including phenoxy) is 1. The Morgan fingerprint density at radius 2 is 2.05 bits per heavy atom. The number of rotatable bonds is 3. The van der Waals surface area contributed by atoms with Crippen molar-refractivity contribution in [3.05, 3.63) is 41.3 Å². The van der Waals surface area contributed by atoms with Crippen LogP contribution in [0.3, 0.4) is 0 Å². The number of hydrogen-bond acceptors (Lipinski definition) is 4. The number of nitrogens with zero attached hydrogens (tertiary/aromatic N) is 3. The van der Waals surface area contributed by atoms with E-state index < -0.39 is 0 Å². The number of aromatic nitrogens is 2. The van der Waals surface area contributed by atoms with Gasteiger partial charge in [0.1, 0.15) is 11.8 Å². The van der Waals surface area contributed by atoms with Crippen LogP contribution in [0.25, 0.3) is 11.3 Å². The molecule has 1 aromatic heterocycles. The highest BCUT2D eigenvalue weighted by Crippen LogP contribution is 2.33. The fourth-order valence-corrected chi connectivity index (χ4v) is 2.16. The van der Waals surface area contributed by atoms with E-state index in [1.54, 1.807) is 13.3 Å². The Labute approximate surface area is 119 Å². The maximum absolute atomic E-state index is 8.91. The average molecular weight is 267 g/mol. The van der Waals surface area contributed by atoms with Gasteiger partial charge in [-0.05, 0) is 42.2 Å². The smallest absolute Gasteiger partial charge is 0.232 e. The van der Waals surface area contributed by atoms with E-state index in [2.05, 4.69) is 29.9 Å². The molecule has 1 heterocycles. The molecule has 4 nitrogen and oxygen atoms in total. The first-order chi connectivity index (χ1) is 9.56. The zero-order chi connectivity index (χ0) is 14.7. The van der Waals surface area contributed by atoms with E-state index >= 15 is 0 Å². The van der Waals surface area contributed by atoms with Gasteiger partial charge in [0.05, 0.1) is 12.8 Å². The highest BCUT2D eigenvalue weighted by Gasteiger charge is 2.13. The van der Waals surface area contributed by atoms with Crippen LogP contribution in [0.2, 0.25) is 0 Å². The van der Waals surface area contributed by atoms with Gasteiger partial charge in [-0.25, -0.2) is 9.97 Å². The number of hydrogen-bond donors (Lipinski definition) is 0. The van der Waals surface area contributed by atoms with E-state index in [-0.39, 0.29) is 5.82 Å². The Morgan fingerprint density at radius 3 is 2.65 bits per heavy atom. The van der Waals surface area contributed by atoms with Crippen molar-refractivity contribution in [3.8, 4) is 23.1 Å². The minimum atomic E-state index is 0.184. The summed E-state index contributed by atoms with van der Waals surface area (Å²) in [6.07, 6.45) is 1.61. The zero-order valence-corrected chi connectivity index (χ0v) is 12.1. The number of aryl methyl sites for hydroxylation is 1. The minimum absolute atomic E-state index is 0.184. The molecule has 4 heteroatoms. The predicted octanol–water partition coefficient (Wildman–Crippen LogP) is 3.46. The van der Waals surface area contributed by atoms with E-state index in [1.165, 1.54) is 0 Å². The van der Waals surface area contributed by atoms with Crippen LogP contribution >= 0.6 is 0 Å². The predicted molar refractivity (Wildman–Crippen MR) is 77.6 cm³/mol. The summed E-state index contributed by atoms with van der Waals surface area (Å²) in [6, 6.07) is 7.89. The van der Waals surface area contributed by atoms with Gasteiger partial charge in [-0.1, -0.05) is 13.8 Å². The molecule has 0 atom stereocenters. The van der Waals surface area contributed by atoms with Gasteiger partial charge in [-0.3, -0.25) is 0 Å². The molecule has 0 N–H and O–H groups in total. The second-order valence-corrected chi connectivity index (χ2v) is 4.94. The van der Waals surface area contributed by atoms with Crippen LogP contribution in [0, 0.1) is 18.3 Å². The van der Waals surface area contributed by atoms with Gasteiger partial charge in [-0.2, -0.15) is 5.26 Å². The molecule has 0 spiro atoms. The van der Waals surface area contributed by atoms with E-state index in [1.807, 2.05) is 25.1 Å². The quantitative estimate of drug-likeness (QED) is 0.854. The van der Waals surface area contributed by atoms with Crippen LogP contribution in [0.1, 0.15) is 36.7 Å². The van der Waals surface area contributed by atoms with Crippen LogP contribution in [0.5, 0.6) is 5.75 Å². The molecule has 0 saturated carbocycles. The summed E-state index contributed by atoms with van der Waals surface area (Å²) in [4.78, 5) is 8.17. The second kappa shape index (κ2) is 5.70. The number of methoxy groups -OCH3 is 1. The maximum Gasteiger partial charge on any atom is 0.232 e. The molecule has 102 valence electrons. The Kier molecular flexibility index (Phi) is 3.99. The molecule has 0 saturated heterocycles. The van der Waals surface area contributed by atoms with Gasteiger partial charge < -0.3 is 4.74 Å². The van der Waals surface area contributed by atoms with Crippen LogP contribution in [0.4, 0.5) is 0 Å². The Hall–Kier alpha value is -2.41. The van der Waals surface area contributed by atoms with E-state index in [0.717, 1.165) is 28.1 Å². The summed E-state index contributed by atoms with van der Waals surface area (Å²) in [5, 5.41) is 8.91. The van der Waals surface area contributed by atoms with E-state index in [0.29, 0.717) is 5.92 Å². The molecule has 20 heavy (non-hydrogen) atoms. The molecular weight excluding hydrogens is 250 g/mol. The Balaban J connectivity index is 2.62. The van der Waals surface area contributed by atoms with Gasteiger partial charge in [0.2, 0.25) is 5.82 Å². The molecule has 1 aromatic carbocycles. The van der Waals surface area contributed by atoms with Crippen molar-refractivity contribution >= 4 is 0 Å². The normalized spacial score (nSPS) is 10.4. The summed E-state index contributed by atoms with van der Waals surface area (Å²) >= 11 is 0. The highest BCUT2D eigenvalue weighted by molar-refractivity contribution is 5.67. The molecule has 0 bridgehead atoms. The average Bonchev–Trinajstić information content (AvgIpc) is 2.46. The highest BCUT2D eigenvalue weighted by atomic mass is 16.5. The van der Waals surface area contributed by atoms with Crippen LogP contribution < -0.4 is 4.74 Å². The van der Waals surface area contributed by atoms with E-state index in [4.69, 9.17) is 10.00 Å². The van der Waals surface area contributed by atoms with Gasteiger partial charge >= 0.3 is 0 Å². The molecular formula is C16H17N3O. The first-order valence-electron chi connectivity index (χ1n) is 6.49. The molecule has 0 aliphatic carbocycles. The zero-order valence-electron chi connectivity index (χ0n) is 12.1. The lowest BCUT2D eigenvalue weighted by molar-refractivity contribution is 0.407. The number of benzene rings is 1.